The summed E-state index contributed by atoms with van der Waals surface area (Å²) in [6, 6.07) is 9.47. The monoisotopic (exact) mass is 568 g/mol. The zero-order valence-corrected chi connectivity index (χ0v) is 21.2. The standard InChI is InChI=1S/C22H21IN2O4S2/c1-12-6-5-7-13(2)19(12)24-18(26)11-29-20-15(23)8-14(9-16(20)28-4)10-17-21(27)25(3)22(30)31-17/h5-10H,11H2,1-4H3,(H,24,26)/b17-10-. The van der Waals surface area contributed by atoms with Gasteiger partial charge in [-0.05, 0) is 71.3 Å². The van der Waals surface area contributed by atoms with E-state index in [-0.39, 0.29) is 18.4 Å². The number of methoxy groups -OCH3 is 1. The Kier molecular flexibility index (Phi) is 7.60. The van der Waals surface area contributed by atoms with E-state index in [1.807, 2.05) is 38.1 Å². The highest BCUT2D eigenvalue weighted by Crippen LogP contribution is 2.37. The Morgan fingerprint density at radius 2 is 1.97 bits per heavy atom. The number of thiocarbonyl (C=S) groups is 1. The summed E-state index contributed by atoms with van der Waals surface area (Å²) in [5.74, 6) is 0.559. The Hall–Kier alpha value is -2.11. The Bertz CT molecular complexity index is 1080. The number of nitrogens with one attached hydrogen (secondary N) is 1. The van der Waals surface area contributed by atoms with Crippen LogP contribution in [-0.4, -0.2) is 41.8 Å². The van der Waals surface area contributed by atoms with E-state index in [0.717, 1.165) is 25.9 Å². The smallest absolute Gasteiger partial charge is 0.265 e. The van der Waals surface area contributed by atoms with Gasteiger partial charge in [-0.15, -0.1) is 0 Å². The molecule has 6 nitrogen and oxygen atoms in total. The number of carbonyl (C=O) groups excluding carboxylic acids is 2. The number of nitrogens with zero attached hydrogens (tertiary/aromatic N) is 1. The predicted octanol–water partition coefficient (Wildman–Crippen LogP) is 4.77. The second-order valence-electron chi connectivity index (χ2n) is 6.88. The number of hydrogen-bond acceptors (Lipinski definition) is 6. The minimum absolute atomic E-state index is 0.132. The van der Waals surface area contributed by atoms with Crippen molar-refractivity contribution in [1.29, 1.82) is 0 Å². The number of halogens is 1. The molecule has 0 atom stereocenters. The summed E-state index contributed by atoms with van der Waals surface area (Å²) in [5, 5.41) is 2.90. The molecule has 162 valence electrons. The van der Waals surface area contributed by atoms with Crippen molar-refractivity contribution in [1.82, 2.24) is 4.90 Å². The molecule has 0 bridgehead atoms. The molecule has 2 aromatic rings. The molecule has 1 heterocycles. The third-order valence-corrected chi connectivity index (χ3v) is 6.92. The molecule has 0 spiro atoms. The van der Waals surface area contributed by atoms with E-state index in [1.165, 1.54) is 23.8 Å². The number of likely N-dealkylation sites (N-methyl/N-ethyl adjacent to an activating group) is 1. The fourth-order valence-electron chi connectivity index (χ4n) is 2.98. The quantitative estimate of drug-likeness (QED) is 0.308. The van der Waals surface area contributed by atoms with Gasteiger partial charge in [0.15, 0.2) is 18.1 Å². The summed E-state index contributed by atoms with van der Waals surface area (Å²) < 4.78 is 12.5. The number of thioether (sulfide) groups is 1. The molecule has 0 radical (unpaired) electrons. The number of para-hydroxylation sites is 1. The Labute approximate surface area is 204 Å². The van der Waals surface area contributed by atoms with E-state index < -0.39 is 0 Å². The topological polar surface area (TPSA) is 67.9 Å². The van der Waals surface area contributed by atoms with Crippen molar-refractivity contribution < 1.29 is 19.1 Å². The second kappa shape index (κ2) is 10.0. The van der Waals surface area contributed by atoms with Gasteiger partial charge in [-0.1, -0.05) is 42.2 Å². The highest BCUT2D eigenvalue weighted by molar-refractivity contribution is 14.1. The summed E-state index contributed by atoms with van der Waals surface area (Å²) in [7, 11) is 3.19. The predicted molar refractivity (Wildman–Crippen MR) is 137 cm³/mol. The molecule has 2 amide bonds. The van der Waals surface area contributed by atoms with Crippen LogP contribution in [0.25, 0.3) is 6.08 Å². The molecular weight excluding hydrogens is 547 g/mol. The van der Waals surface area contributed by atoms with Crippen LogP contribution in [0.4, 0.5) is 5.69 Å². The number of ether oxygens (including phenoxy) is 2. The second-order valence-corrected chi connectivity index (χ2v) is 9.72. The third-order valence-electron chi connectivity index (χ3n) is 4.63. The number of rotatable bonds is 6. The Morgan fingerprint density at radius 3 is 2.55 bits per heavy atom. The van der Waals surface area contributed by atoms with Crippen LogP contribution in [-0.2, 0) is 9.59 Å². The number of anilines is 1. The molecule has 31 heavy (non-hydrogen) atoms. The summed E-state index contributed by atoms with van der Waals surface area (Å²) in [6.45, 7) is 3.73. The number of aryl methyl sites for hydroxylation is 2. The summed E-state index contributed by atoms with van der Waals surface area (Å²) >= 11 is 8.55. The number of carbonyl (C=O) groups is 2. The van der Waals surface area contributed by atoms with Crippen molar-refractivity contribution in [2.24, 2.45) is 0 Å². The normalized spacial score (nSPS) is 14.9. The SMILES string of the molecule is COc1cc(/C=C2\SC(=S)N(C)C2=O)cc(I)c1OCC(=O)Nc1c(C)cccc1C. The van der Waals surface area contributed by atoms with Crippen molar-refractivity contribution in [3.8, 4) is 11.5 Å². The van der Waals surface area contributed by atoms with Crippen molar-refractivity contribution in [2.45, 2.75) is 13.8 Å². The average molecular weight is 568 g/mol. The summed E-state index contributed by atoms with van der Waals surface area (Å²) in [4.78, 5) is 26.7. The fraction of sp³-hybridized carbons (Fsp3) is 0.227. The van der Waals surface area contributed by atoms with Crippen molar-refractivity contribution in [2.75, 3.05) is 26.1 Å². The molecule has 9 heteroatoms. The molecule has 1 aliphatic heterocycles. The van der Waals surface area contributed by atoms with E-state index >= 15 is 0 Å². The van der Waals surface area contributed by atoms with Crippen molar-refractivity contribution >= 4 is 74.5 Å². The van der Waals surface area contributed by atoms with Gasteiger partial charge in [0.2, 0.25) is 0 Å². The molecule has 0 aromatic heterocycles. The first-order chi connectivity index (χ1) is 14.7. The van der Waals surface area contributed by atoms with E-state index in [9.17, 15) is 9.59 Å². The van der Waals surface area contributed by atoms with Crippen LogP contribution in [0.2, 0.25) is 0 Å². The van der Waals surface area contributed by atoms with Gasteiger partial charge < -0.3 is 14.8 Å². The van der Waals surface area contributed by atoms with Crippen LogP contribution in [0.15, 0.2) is 35.2 Å². The van der Waals surface area contributed by atoms with Gasteiger partial charge in [0.1, 0.15) is 4.32 Å². The molecule has 0 unspecified atom stereocenters. The molecule has 1 saturated heterocycles. The zero-order valence-electron chi connectivity index (χ0n) is 17.4. The summed E-state index contributed by atoms with van der Waals surface area (Å²) in [6.07, 6.45) is 1.77. The maximum atomic E-state index is 12.4. The fourth-order valence-corrected chi connectivity index (χ4v) is 4.95. The van der Waals surface area contributed by atoms with E-state index in [4.69, 9.17) is 21.7 Å². The van der Waals surface area contributed by atoms with Gasteiger partial charge in [0.05, 0.1) is 15.6 Å². The molecule has 0 saturated carbocycles. The first-order valence-corrected chi connectivity index (χ1v) is 11.6. The first kappa shape index (κ1) is 23.6. The van der Waals surface area contributed by atoms with Crippen LogP contribution >= 0.6 is 46.6 Å². The van der Waals surface area contributed by atoms with Crippen LogP contribution in [0.1, 0.15) is 16.7 Å². The number of amides is 2. The molecule has 1 aliphatic rings. The lowest BCUT2D eigenvalue weighted by atomic mass is 10.1. The maximum Gasteiger partial charge on any atom is 0.265 e. The van der Waals surface area contributed by atoms with E-state index in [2.05, 4.69) is 27.9 Å². The largest absolute Gasteiger partial charge is 0.493 e. The molecule has 2 aromatic carbocycles. The minimum Gasteiger partial charge on any atom is -0.493 e. The molecular formula is C22H21IN2O4S2. The average Bonchev–Trinajstić information content (AvgIpc) is 2.96. The third kappa shape index (κ3) is 5.39. The van der Waals surface area contributed by atoms with Crippen LogP contribution in [0.3, 0.4) is 0 Å². The Balaban J connectivity index is 1.76. The lowest BCUT2D eigenvalue weighted by molar-refractivity contribution is -0.121. The molecule has 1 N–H and O–H groups in total. The summed E-state index contributed by atoms with van der Waals surface area (Å²) in [5.41, 5.74) is 3.55. The first-order valence-electron chi connectivity index (χ1n) is 9.29. The van der Waals surface area contributed by atoms with E-state index in [1.54, 1.807) is 19.2 Å². The van der Waals surface area contributed by atoms with Crippen LogP contribution in [0, 0.1) is 17.4 Å². The van der Waals surface area contributed by atoms with Gasteiger partial charge in [0.25, 0.3) is 11.8 Å². The highest BCUT2D eigenvalue weighted by atomic mass is 127. The maximum absolute atomic E-state index is 12.4. The number of hydrogen-bond donors (Lipinski definition) is 1. The van der Waals surface area contributed by atoms with Crippen molar-refractivity contribution in [3.63, 3.8) is 0 Å². The minimum atomic E-state index is -0.258. The van der Waals surface area contributed by atoms with Gasteiger partial charge in [-0.3, -0.25) is 14.5 Å². The zero-order chi connectivity index (χ0) is 22.7. The Morgan fingerprint density at radius 1 is 1.29 bits per heavy atom. The van der Waals surface area contributed by atoms with Gasteiger partial charge in [-0.25, -0.2) is 0 Å². The molecule has 1 fully saturated rings. The molecule has 0 aliphatic carbocycles. The van der Waals surface area contributed by atoms with Gasteiger partial charge in [0, 0.05) is 12.7 Å². The highest BCUT2D eigenvalue weighted by Gasteiger charge is 2.28. The lowest BCUT2D eigenvalue weighted by Crippen LogP contribution is -2.22. The van der Waals surface area contributed by atoms with Crippen LogP contribution < -0.4 is 14.8 Å². The van der Waals surface area contributed by atoms with Crippen molar-refractivity contribution in [3.05, 3.63) is 55.5 Å². The number of benzene rings is 2. The van der Waals surface area contributed by atoms with Crippen LogP contribution in [0.5, 0.6) is 11.5 Å². The van der Waals surface area contributed by atoms with Gasteiger partial charge >= 0.3 is 0 Å². The van der Waals surface area contributed by atoms with E-state index in [0.29, 0.717) is 20.7 Å². The van der Waals surface area contributed by atoms with Gasteiger partial charge in [-0.2, -0.15) is 0 Å². The lowest BCUT2D eigenvalue weighted by Gasteiger charge is -2.15. The molecule has 3 rings (SSSR count).